The topological polar surface area (TPSA) is 27.1 Å². The molecule has 0 aliphatic heterocycles. The second kappa shape index (κ2) is 5.21. The molecule has 0 N–H and O–H groups in total. The maximum atomic E-state index is 5.21. The molecule has 0 aliphatic carbocycles. The van der Waals surface area contributed by atoms with Crippen molar-refractivity contribution in [1.82, 2.24) is 9.55 Å². The van der Waals surface area contributed by atoms with Crippen molar-refractivity contribution in [2.45, 2.75) is 0 Å². The highest BCUT2D eigenvalue weighted by atomic mass is 16.5. The van der Waals surface area contributed by atoms with Gasteiger partial charge in [-0.1, -0.05) is 36.4 Å². The average molecular weight is 264 g/mol. The third-order valence-corrected chi connectivity index (χ3v) is 3.39. The number of aryl methyl sites for hydroxylation is 1. The van der Waals surface area contributed by atoms with E-state index in [9.17, 15) is 0 Å². The molecule has 0 saturated heterocycles. The normalized spacial score (nSPS) is 10.5. The van der Waals surface area contributed by atoms with Gasteiger partial charge in [0.15, 0.2) is 0 Å². The second-order valence-electron chi connectivity index (χ2n) is 4.64. The number of hydrogen-bond acceptors (Lipinski definition) is 2. The highest BCUT2D eigenvalue weighted by Crippen LogP contribution is 2.31. The van der Waals surface area contributed by atoms with Crippen LogP contribution in [0.4, 0.5) is 0 Å². The summed E-state index contributed by atoms with van der Waals surface area (Å²) in [5.41, 5.74) is 3.46. The van der Waals surface area contributed by atoms with Crippen molar-refractivity contribution in [2.75, 3.05) is 7.11 Å². The summed E-state index contributed by atoms with van der Waals surface area (Å²) >= 11 is 0. The molecule has 0 unspecified atom stereocenters. The highest BCUT2D eigenvalue weighted by molar-refractivity contribution is 5.80. The van der Waals surface area contributed by atoms with Crippen molar-refractivity contribution in [3.8, 4) is 28.3 Å². The maximum Gasteiger partial charge on any atom is 0.140 e. The predicted octanol–water partition coefficient (Wildman–Crippen LogP) is 3.76. The molecule has 3 nitrogen and oxygen atoms in total. The Morgan fingerprint density at radius 2 is 1.65 bits per heavy atom. The second-order valence-corrected chi connectivity index (χ2v) is 4.64. The van der Waals surface area contributed by atoms with Crippen LogP contribution in [0.2, 0.25) is 0 Å². The lowest BCUT2D eigenvalue weighted by atomic mass is 9.99. The molecular formula is C17H16N2O. The van der Waals surface area contributed by atoms with Crippen molar-refractivity contribution in [2.24, 2.45) is 7.05 Å². The van der Waals surface area contributed by atoms with Crippen molar-refractivity contribution in [3.63, 3.8) is 0 Å². The number of ether oxygens (including phenoxy) is 1. The molecule has 0 atom stereocenters. The number of hydrogen-bond donors (Lipinski definition) is 0. The molecule has 2 aromatic carbocycles. The minimum Gasteiger partial charge on any atom is -0.497 e. The maximum absolute atomic E-state index is 5.21. The Morgan fingerprint density at radius 3 is 2.25 bits per heavy atom. The van der Waals surface area contributed by atoms with E-state index in [0.717, 1.165) is 22.7 Å². The standard InChI is InChI=1S/C17H16N2O/c1-19-12-11-18-17(19)16-6-4-3-5-15(16)13-7-9-14(20-2)10-8-13/h3-12H,1-2H3. The molecule has 0 spiro atoms. The molecule has 0 fully saturated rings. The zero-order valence-electron chi connectivity index (χ0n) is 11.6. The van der Waals surface area contributed by atoms with Crippen LogP contribution in [0.25, 0.3) is 22.5 Å². The predicted molar refractivity (Wildman–Crippen MR) is 80.6 cm³/mol. The van der Waals surface area contributed by atoms with Crippen LogP contribution in [0.15, 0.2) is 60.9 Å². The third-order valence-electron chi connectivity index (χ3n) is 3.39. The molecule has 0 bridgehead atoms. The van der Waals surface area contributed by atoms with Crippen LogP contribution in [0.3, 0.4) is 0 Å². The van der Waals surface area contributed by atoms with Crippen LogP contribution in [0, 0.1) is 0 Å². The number of aromatic nitrogens is 2. The van der Waals surface area contributed by atoms with E-state index in [1.165, 1.54) is 5.56 Å². The summed E-state index contributed by atoms with van der Waals surface area (Å²) in [6, 6.07) is 16.4. The molecule has 0 saturated carbocycles. The Hall–Kier alpha value is -2.55. The molecule has 1 aromatic heterocycles. The van der Waals surface area contributed by atoms with Crippen LogP contribution in [0.5, 0.6) is 5.75 Å². The lowest BCUT2D eigenvalue weighted by Crippen LogP contribution is -1.93. The molecule has 3 rings (SSSR count). The van der Waals surface area contributed by atoms with Gasteiger partial charge in [-0.2, -0.15) is 0 Å². The van der Waals surface area contributed by atoms with Crippen molar-refractivity contribution in [3.05, 3.63) is 60.9 Å². The smallest absolute Gasteiger partial charge is 0.140 e. The minimum atomic E-state index is 0.864. The van der Waals surface area contributed by atoms with E-state index in [-0.39, 0.29) is 0 Å². The third kappa shape index (κ3) is 2.18. The Morgan fingerprint density at radius 1 is 0.950 bits per heavy atom. The Kier molecular flexibility index (Phi) is 3.25. The largest absolute Gasteiger partial charge is 0.497 e. The highest BCUT2D eigenvalue weighted by Gasteiger charge is 2.10. The first kappa shape index (κ1) is 12.5. The molecule has 100 valence electrons. The van der Waals surface area contributed by atoms with Gasteiger partial charge in [-0.15, -0.1) is 0 Å². The summed E-state index contributed by atoms with van der Waals surface area (Å²) in [6.07, 6.45) is 3.78. The van der Waals surface area contributed by atoms with Gasteiger partial charge in [0, 0.05) is 25.0 Å². The Labute approximate surface area is 118 Å². The van der Waals surface area contributed by atoms with Crippen LogP contribution >= 0.6 is 0 Å². The van der Waals surface area contributed by atoms with Crippen molar-refractivity contribution < 1.29 is 4.74 Å². The lowest BCUT2D eigenvalue weighted by molar-refractivity contribution is 0.415. The van der Waals surface area contributed by atoms with E-state index in [2.05, 4.69) is 29.2 Å². The summed E-state index contributed by atoms with van der Waals surface area (Å²) in [6.45, 7) is 0. The fourth-order valence-corrected chi connectivity index (χ4v) is 2.33. The molecule has 3 heteroatoms. The monoisotopic (exact) mass is 264 g/mol. The van der Waals surface area contributed by atoms with Crippen LogP contribution in [0.1, 0.15) is 0 Å². The molecule has 0 amide bonds. The summed E-state index contributed by atoms with van der Waals surface area (Å²) < 4.78 is 7.24. The Balaban J connectivity index is 2.12. The van der Waals surface area contributed by atoms with Crippen LogP contribution in [-0.2, 0) is 7.05 Å². The molecule has 3 aromatic rings. The number of methoxy groups -OCH3 is 1. The number of nitrogens with zero attached hydrogens (tertiary/aromatic N) is 2. The zero-order chi connectivity index (χ0) is 13.9. The van der Waals surface area contributed by atoms with Gasteiger partial charge in [-0.05, 0) is 23.3 Å². The first-order chi connectivity index (χ1) is 9.79. The van der Waals surface area contributed by atoms with Crippen molar-refractivity contribution in [1.29, 1.82) is 0 Å². The fraction of sp³-hybridized carbons (Fsp3) is 0.118. The van der Waals surface area contributed by atoms with Gasteiger partial charge in [0.1, 0.15) is 11.6 Å². The molecule has 1 heterocycles. The summed E-state index contributed by atoms with van der Waals surface area (Å²) in [7, 11) is 3.68. The number of rotatable bonds is 3. The van der Waals surface area contributed by atoms with E-state index in [0.29, 0.717) is 0 Å². The number of benzene rings is 2. The first-order valence-electron chi connectivity index (χ1n) is 6.51. The molecule has 0 aliphatic rings. The van der Waals surface area contributed by atoms with Gasteiger partial charge in [0.2, 0.25) is 0 Å². The quantitative estimate of drug-likeness (QED) is 0.720. The van der Waals surface area contributed by atoms with Gasteiger partial charge in [-0.25, -0.2) is 4.98 Å². The molecule has 20 heavy (non-hydrogen) atoms. The first-order valence-corrected chi connectivity index (χ1v) is 6.51. The molecular weight excluding hydrogens is 248 g/mol. The lowest BCUT2D eigenvalue weighted by Gasteiger charge is -2.10. The van der Waals surface area contributed by atoms with E-state index >= 15 is 0 Å². The van der Waals surface area contributed by atoms with Crippen LogP contribution < -0.4 is 4.74 Å². The SMILES string of the molecule is COc1ccc(-c2ccccc2-c2nccn2C)cc1. The average Bonchev–Trinajstić information content (AvgIpc) is 2.93. The van der Waals surface area contributed by atoms with Gasteiger partial charge in [0.05, 0.1) is 7.11 Å². The fourth-order valence-electron chi connectivity index (χ4n) is 2.33. The Bertz CT molecular complexity index is 714. The van der Waals surface area contributed by atoms with Crippen LogP contribution in [-0.4, -0.2) is 16.7 Å². The van der Waals surface area contributed by atoms with E-state index in [4.69, 9.17) is 4.74 Å². The van der Waals surface area contributed by atoms with Gasteiger partial charge in [-0.3, -0.25) is 0 Å². The van der Waals surface area contributed by atoms with Gasteiger partial charge in [0.25, 0.3) is 0 Å². The van der Waals surface area contributed by atoms with Gasteiger partial charge >= 0.3 is 0 Å². The summed E-state index contributed by atoms with van der Waals surface area (Å²) in [4.78, 5) is 4.44. The number of imidazole rings is 1. The van der Waals surface area contributed by atoms with E-state index in [1.807, 2.05) is 48.3 Å². The van der Waals surface area contributed by atoms with Crippen molar-refractivity contribution >= 4 is 0 Å². The zero-order valence-corrected chi connectivity index (χ0v) is 11.6. The minimum absolute atomic E-state index is 0.864. The summed E-state index contributed by atoms with van der Waals surface area (Å²) in [5, 5.41) is 0. The summed E-state index contributed by atoms with van der Waals surface area (Å²) in [5.74, 6) is 1.83. The molecule has 0 radical (unpaired) electrons. The van der Waals surface area contributed by atoms with Gasteiger partial charge < -0.3 is 9.30 Å². The van der Waals surface area contributed by atoms with E-state index in [1.54, 1.807) is 7.11 Å². The van der Waals surface area contributed by atoms with E-state index < -0.39 is 0 Å².